The molecule has 0 spiro atoms. The first-order chi connectivity index (χ1) is 16.1. The average molecular weight is 499 g/mol. The Hall–Kier alpha value is -3.20. The van der Waals surface area contributed by atoms with E-state index >= 15 is 0 Å². The largest absolute Gasteiger partial charge is 0.454 e. The quantitative estimate of drug-likeness (QED) is 0.343. The summed E-state index contributed by atoms with van der Waals surface area (Å²) in [6.45, 7) is 0.190. The minimum atomic E-state index is -0.262. The molecule has 1 aliphatic heterocycles. The summed E-state index contributed by atoms with van der Waals surface area (Å²) >= 11 is 13.6. The van der Waals surface area contributed by atoms with E-state index in [2.05, 4.69) is 15.5 Å². The Balaban J connectivity index is 1.43. The first kappa shape index (κ1) is 21.6. The van der Waals surface area contributed by atoms with Gasteiger partial charge in [-0.1, -0.05) is 59.2 Å². The van der Waals surface area contributed by atoms with Crippen molar-refractivity contribution < 1.29 is 14.3 Å². The molecule has 0 aliphatic carbocycles. The van der Waals surface area contributed by atoms with Crippen LogP contribution in [0.5, 0.6) is 11.5 Å². The highest BCUT2D eigenvalue weighted by Crippen LogP contribution is 2.37. The highest BCUT2D eigenvalue weighted by molar-refractivity contribution is 7.99. The number of ether oxygens (including phenoxy) is 2. The predicted molar refractivity (Wildman–Crippen MR) is 129 cm³/mol. The van der Waals surface area contributed by atoms with Crippen molar-refractivity contribution in [2.24, 2.45) is 0 Å². The van der Waals surface area contributed by atoms with Gasteiger partial charge in [0.1, 0.15) is 0 Å². The molecule has 166 valence electrons. The summed E-state index contributed by atoms with van der Waals surface area (Å²) in [5.74, 6) is 1.79. The summed E-state index contributed by atoms with van der Waals surface area (Å²) in [5.41, 5.74) is 2.07. The number of nitrogens with one attached hydrogen (secondary N) is 1. The topological polar surface area (TPSA) is 78.3 Å². The highest BCUT2D eigenvalue weighted by Gasteiger charge is 2.21. The Morgan fingerprint density at radius 2 is 1.73 bits per heavy atom. The molecule has 10 heteroatoms. The van der Waals surface area contributed by atoms with Gasteiger partial charge in [-0.3, -0.25) is 9.36 Å². The third kappa shape index (κ3) is 4.50. The van der Waals surface area contributed by atoms with Crippen LogP contribution in [0.15, 0.2) is 71.9 Å². The molecule has 7 nitrogen and oxygen atoms in total. The van der Waals surface area contributed by atoms with Gasteiger partial charge in [-0.2, -0.15) is 0 Å². The van der Waals surface area contributed by atoms with Gasteiger partial charge in [-0.05, 0) is 42.5 Å². The average Bonchev–Trinajstić information content (AvgIpc) is 3.47. The predicted octanol–water partition coefficient (Wildman–Crippen LogP) is 5.70. The number of anilines is 1. The first-order valence-electron chi connectivity index (χ1n) is 9.87. The molecule has 2 heterocycles. The summed E-state index contributed by atoms with van der Waals surface area (Å²) in [6.07, 6.45) is 0. The van der Waals surface area contributed by atoms with E-state index < -0.39 is 0 Å². The number of amides is 1. The van der Waals surface area contributed by atoms with E-state index in [-0.39, 0.29) is 18.5 Å². The number of fused-ring (bicyclic) bond motifs is 1. The minimum Gasteiger partial charge on any atom is -0.454 e. The molecule has 0 unspecified atom stereocenters. The van der Waals surface area contributed by atoms with Crippen LogP contribution in [0.3, 0.4) is 0 Å². The Morgan fingerprint density at radius 1 is 0.970 bits per heavy atom. The molecule has 1 aliphatic rings. The van der Waals surface area contributed by atoms with Gasteiger partial charge in [-0.25, -0.2) is 0 Å². The van der Waals surface area contributed by atoms with Gasteiger partial charge in [0.2, 0.25) is 12.7 Å². The van der Waals surface area contributed by atoms with Crippen molar-refractivity contribution in [3.63, 3.8) is 0 Å². The molecule has 0 bridgehead atoms. The normalized spacial score (nSPS) is 12.1. The van der Waals surface area contributed by atoms with Gasteiger partial charge in [0, 0.05) is 11.3 Å². The minimum absolute atomic E-state index is 0.0909. The zero-order valence-electron chi connectivity index (χ0n) is 17.0. The molecule has 0 fully saturated rings. The third-order valence-corrected chi connectivity index (χ3v) is 6.40. The number of aromatic nitrogens is 3. The lowest BCUT2D eigenvalue weighted by Crippen LogP contribution is -2.15. The number of benzene rings is 3. The molecule has 33 heavy (non-hydrogen) atoms. The van der Waals surface area contributed by atoms with Crippen LogP contribution in [0.2, 0.25) is 10.0 Å². The molecule has 5 rings (SSSR count). The number of carbonyl (C=O) groups excluding carboxylic acids is 1. The fourth-order valence-corrected chi connectivity index (χ4v) is 4.56. The van der Waals surface area contributed by atoms with Crippen molar-refractivity contribution in [3.8, 4) is 28.6 Å². The smallest absolute Gasteiger partial charge is 0.234 e. The zero-order chi connectivity index (χ0) is 22.8. The second-order valence-corrected chi connectivity index (χ2v) is 8.74. The van der Waals surface area contributed by atoms with Crippen LogP contribution in [0, 0.1) is 0 Å². The van der Waals surface area contributed by atoms with Crippen LogP contribution >= 0.6 is 35.0 Å². The van der Waals surface area contributed by atoms with Crippen molar-refractivity contribution >= 4 is 46.6 Å². The Bertz CT molecular complexity index is 1310. The van der Waals surface area contributed by atoms with Crippen molar-refractivity contribution in [2.75, 3.05) is 17.9 Å². The number of hydrogen-bond donors (Lipinski definition) is 1. The molecule has 1 amide bonds. The number of hydrogen-bond acceptors (Lipinski definition) is 6. The summed E-state index contributed by atoms with van der Waals surface area (Å²) in [5, 5.41) is 12.8. The summed E-state index contributed by atoms with van der Waals surface area (Å²) in [7, 11) is 0. The molecule has 0 saturated carbocycles. The van der Waals surface area contributed by atoms with E-state index in [0.29, 0.717) is 38.2 Å². The summed E-state index contributed by atoms with van der Waals surface area (Å²) in [6, 6.07) is 20.4. The summed E-state index contributed by atoms with van der Waals surface area (Å²) < 4.78 is 12.8. The Morgan fingerprint density at radius 3 is 2.52 bits per heavy atom. The van der Waals surface area contributed by atoms with E-state index in [1.165, 1.54) is 11.8 Å². The van der Waals surface area contributed by atoms with Crippen LogP contribution in [-0.4, -0.2) is 33.2 Å². The Kier molecular flexibility index (Phi) is 6.13. The molecular weight excluding hydrogens is 483 g/mol. The van der Waals surface area contributed by atoms with Gasteiger partial charge in [-0.15, -0.1) is 10.2 Å². The fraction of sp³-hybridized carbons (Fsp3) is 0.0870. The van der Waals surface area contributed by atoms with Gasteiger partial charge < -0.3 is 14.8 Å². The molecule has 1 N–H and O–H groups in total. The standard InChI is InChI=1S/C23H16Cl2N4O3S/c24-16-7-4-8-17(25)21(16)26-20(30)12-33-23-28-27-22(29(23)15-5-2-1-3-6-15)14-9-10-18-19(11-14)32-13-31-18/h1-11H,12-13H2,(H,26,30). The number of carbonyl (C=O) groups is 1. The maximum atomic E-state index is 12.6. The van der Waals surface area contributed by atoms with E-state index in [4.69, 9.17) is 32.7 Å². The second-order valence-electron chi connectivity index (χ2n) is 6.98. The number of para-hydroxylation sites is 2. The molecule has 0 saturated heterocycles. The second kappa shape index (κ2) is 9.35. The maximum Gasteiger partial charge on any atom is 0.234 e. The van der Waals surface area contributed by atoms with E-state index in [0.717, 1.165) is 11.3 Å². The van der Waals surface area contributed by atoms with Crippen molar-refractivity contribution in [1.82, 2.24) is 14.8 Å². The van der Waals surface area contributed by atoms with Crippen LogP contribution in [-0.2, 0) is 4.79 Å². The third-order valence-electron chi connectivity index (χ3n) is 4.84. The van der Waals surface area contributed by atoms with Crippen LogP contribution < -0.4 is 14.8 Å². The van der Waals surface area contributed by atoms with Gasteiger partial charge in [0.05, 0.1) is 21.5 Å². The zero-order valence-corrected chi connectivity index (χ0v) is 19.3. The fourth-order valence-electron chi connectivity index (χ4n) is 3.32. The van der Waals surface area contributed by atoms with Crippen LogP contribution in [0.1, 0.15) is 0 Å². The van der Waals surface area contributed by atoms with Crippen molar-refractivity contribution in [3.05, 3.63) is 76.8 Å². The van der Waals surface area contributed by atoms with Gasteiger partial charge in [0.15, 0.2) is 22.5 Å². The lowest BCUT2D eigenvalue weighted by atomic mass is 10.2. The van der Waals surface area contributed by atoms with Gasteiger partial charge >= 0.3 is 0 Å². The van der Waals surface area contributed by atoms with E-state index in [1.54, 1.807) is 18.2 Å². The number of halogens is 2. The van der Waals surface area contributed by atoms with E-state index in [9.17, 15) is 4.79 Å². The Labute approximate surface area is 203 Å². The molecule has 0 radical (unpaired) electrons. The van der Waals surface area contributed by atoms with Gasteiger partial charge in [0.25, 0.3) is 0 Å². The monoisotopic (exact) mass is 498 g/mol. The lowest BCUT2D eigenvalue weighted by molar-refractivity contribution is -0.113. The molecular formula is C23H16Cl2N4O3S. The number of nitrogens with zero attached hydrogens (tertiary/aromatic N) is 3. The van der Waals surface area contributed by atoms with Crippen molar-refractivity contribution in [2.45, 2.75) is 5.16 Å². The van der Waals surface area contributed by atoms with Crippen LogP contribution in [0.4, 0.5) is 5.69 Å². The first-order valence-corrected chi connectivity index (χ1v) is 11.6. The molecule has 4 aromatic rings. The van der Waals surface area contributed by atoms with Crippen molar-refractivity contribution in [1.29, 1.82) is 0 Å². The van der Waals surface area contributed by atoms with Crippen LogP contribution in [0.25, 0.3) is 17.1 Å². The SMILES string of the molecule is O=C(CSc1nnc(-c2ccc3c(c2)OCO3)n1-c1ccccc1)Nc1c(Cl)cccc1Cl. The number of rotatable bonds is 6. The van der Waals surface area contributed by atoms with E-state index in [1.807, 2.05) is 53.1 Å². The lowest BCUT2D eigenvalue weighted by Gasteiger charge is -2.11. The molecule has 0 atom stereocenters. The highest BCUT2D eigenvalue weighted by atomic mass is 35.5. The summed E-state index contributed by atoms with van der Waals surface area (Å²) in [4.78, 5) is 12.6. The molecule has 1 aromatic heterocycles. The maximum absolute atomic E-state index is 12.6. The molecule has 3 aromatic carbocycles. The number of thioether (sulfide) groups is 1.